The summed E-state index contributed by atoms with van der Waals surface area (Å²) in [6.07, 6.45) is 1.79. The molecule has 0 fully saturated rings. The van der Waals surface area contributed by atoms with Gasteiger partial charge >= 0.3 is 0 Å². The number of aromatic nitrogens is 1. The Hall–Kier alpha value is -2.26. The van der Waals surface area contributed by atoms with Crippen LogP contribution in [0.4, 0.5) is 4.39 Å². The van der Waals surface area contributed by atoms with Crippen LogP contribution in [0.5, 0.6) is 0 Å². The van der Waals surface area contributed by atoms with E-state index < -0.39 is 0 Å². The summed E-state index contributed by atoms with van der Waals surface area (Å²) in [5.41, 5.74) is 4.09. The van der Waals surface area contributed by atoms with Gasteiger partial charge in [-0.1, -0.05) is 25.1 Å². The Kier molecular flexibility index (Phi) is 3.93. The van der Waals surface area contributed by atoms with Crippen molar-refractivity contribution in [1.29, 1.82) is 0 Å². The number of nitrogens with one attached hydrogen (secondary N) is 1. The Bertz CT molecular complexity index is 768. The topological polar surface area (TPSA) is 24.9 Å². The maximum atomic E-state index is 13.5. The number of fused-ring (bicyclic) bond motifs is 1. The second-order valence-corrected chi connectivity index (χ2v) is 4.99. The number of nitrogens with zero attached hydrogens (tertiary/aromatic N) is 1. The van der Waals surface area contributed by atoms with Gasteiger partial charge < -0.3 is 5.32 Å². The number of hydrogen-bond acceptors (Lipinski definition) is 2. The van der Waals surface area contributed by atoms with Crippen LogP contribution in [0.1, 0.15) is 12.5 Å². The van der Waals surface area contributed by atoms with Gasteiger partial charge in [0.15, 0.2) is 0 Å². The fourth-order valence-corrected chi connectivity index (χ4v) is 2.49. The average molecular weight is 280 g/mol. The van der Waals surface area contributed by atoms with Crippen molar-refractivity contribution in [3.63, 3.8) is 0 Å². The second-order valence-electron chi connectivity index (χ2n) is 4.99. The van der Waals surface area contributed by atoms with E-state index >= 15 is 0 Å². The van der Waals surface area contributed by atoms with Gasteiger partial charge in [-0.3, -0.25) is 4.98 Å². The maximum absolute atomic E-state index is 13.5. The molecule has 0 unspecified atom stereocenters. The van der Waals surface area contributed by atoms with E-state index in [2.05, 4.69) is 16.4 Å². The van der Waals surface area contributed by atoms with Crippen LogP contribution < -0.4 is 5.32 Å². The van der Waals surface area contributed by atoms with Crippen LogP contribution >= 0.6 is 0 Å². The molecule has 3 aromatic rings. The summed E-state index contributed by atoms with van der Waals surface area (Å²) in [7, 11) is 0. The molecule has 2 aromatic carbocycles. The summed E-state index contributed by atoms with van der Waals surface area (Å²) in [6, 6.07) is 15.1. The normalized spacial score (nSPS) is 11.0. The molecule has 0 aliphatic rings. The van der Waals surface area contributed by atoms with Crippen molar-refractivity contribution < 1.29 is 4.39 Å². The molecule has 0 spiro atoms. The quantitative estimate of drug-likeness (QED) is 0.776. The van der Waals surface area contributed by atoms with Crippen molar-refractivity contribution in [2.75, 3.05) is 6.54 Å². The third-order valence-electron chi connectivity index (χ3n) is 3.55. The molecule has 1 N–H and O–H groups in total. The van der Waals surface area contributed by atoms with Crippen molar-refractivity contribution in [1.82, 2.24) is 10.3 Å². The zero-order valence-electron chi connectivity index (χ0n) is 11.9. The van der Waals surface area contributed by atoms with Crippen molar-refractivity contribution >= 4 is 10.9 Å². The summed E-state index contributed by atoms with van der Waals surface area (Å²) in [5, 5.41) is 4.35. The van der Waals surface area contributed by atoms with E-state index in [4.69, 9.17) is 0 Å². The molecule has 0 saturated carbocycles. The fourth-order valence-electron chi connectivity index (χ4n) is 2.49. The molecule has 0 saturated heterocycles. The van der Waals surface area contributed by atoms with Crippen molar-refractivity contribution in [3.05, 3.63) is 66.1 Å². The Balaban J connectivity index is 2.08. The molecule has 0 aliphatic carbocycles. The number of halogens is 1. The lowest BCUT2D eigenvalue weighted by atomic mass is 9.98. The Morgan fingerprint density at radius 3 is 2.86 bits per heavy atom. The van der Waals surface area contributed by atoms with E-state index in [-0.39, 0.29) is 5.82 Å². The molecule has 0 atom stereocenters. The molecule has 3 rings (SSSR count). The van der Waals surface area contributed by atoms with Crippen molar-refractivity contribution in [3.8, 4) is 11.1 Å². The predicted octanol–water partition coefficient (Wildman–Crippen LogP) is 4.15. The third-order valence-corrected chi connectivity index (χ3v) is 3.55. The summed E-state index contributed by atoms with van der Waals surface area (Å²) in [6.45, 7) is 3.56. The number of pyridine rings is 1. The zero-order chi connectivity index (χ0) is 14.7. The molecule has 3 heteroatoms. The first-order chi connectivity index (χ1) is 10.3. The van der Waals surface area contributed by atoms with Gasteiger partial charge in [0.25, 0.3) is 0 Å². The first-order valence-electron chi connectivity index (χ1n) is 7.12. The van der Waals surface area contributed by atoms with Crippen molar-refractivity contribution in [2.45, 2.75) is 13.5 Å². The van der Waals surface area contributed by atoms with Crippen LogP contribution in [0.3, 0.4) is 0 Å². The van der Waals surface area contributed by atoms with Crippen molar-refractivity contribution in [2.24, 2.45) is 0 Å². The summed E-state index contributed by atoms with van der Waals surface area (Å²) < 4.78 is 13.5. The van der Waals surface area contributed by atoms with Gasteiger partial charge in [-0.05, 0) is 53.6 Å². The molecule has 2 nitrogen and oxygen atoms in total. The maximum Gasteiger partial charge on any atom is 0.123 e. The first-order valence-corrected chi connectivity index (χ1v) is 7.12. The third kappa shape index (κ3) is 2.93. The molecule has 0 bridgehead atoms. The minimum absolute atomic E-state index is 0.200. The van der Waals surface area contributed by atoms with Gasteiger partial charge in [0.1, 0.15) is 5.82 Å². The van der Waals surface area contributed by atoms with Crippen LogP contribution in [-0.4, -0.2) is 11.5 Å². The first kappa shape index (κ1) is 13.7. The van der Waals surface area contributed by atoms with Gasteiger partial charge in [0.05, 0.1) is 5.52 Å². The van der Waals surface area contributed by atoms with E-state index in [1.807, 2.05) is 37.3 Å². The van der Waals surface area contributed by atoms with Crippen LogP contribution in [0.25, 0.3) is 22.0 Å². The number of benzene rings is 2. The van der Waals surface area contributed by atoms with E-state index in [0.717, 1.165) is 34.1 Å². The van der Waals surface area contributed by atoms with Crippen LogP contribution in [-0.2, 0) is 6.54 Å². The van der Waals surface area contributed by atoms with Crippen LogP contribution in [0, 0.1) is 5.82 Å². The fraction of sp³-hybridized carbons (Fsp3) is 0.167. The van der Waals surface area contributed by atoms with E-state index in [1.165, 1.54) is 6.07 Å². The van der Waals surface area contributed by atoms with Gasteiger partial charge in [0, 0.05) is 18.1 Å². The zero-order valence-corrected chi connectivity index (χ0v) is 11.9. The second kappa shape index (κ2) is 6.02. The molecular formula is C18H17FN2. The monoisotopic (exact) mass is 280 g/mol. The summed E-state index contributed by atoms with van der Waals surface area (Å²) in [4.78, 5) is 4.33. The number of rotatable bonds is 4. The molecule has 0 amide bonds. The Morgan fingerprint density at radius 2 is 2.00 bits per heavy atom. The van der Waals surface area contributed by atoms with Gasteiger partial charge in [0.2, 0.25) is 0 Å². The van der Waals surface area contributed by atoms with Crippen LogP contribution in [0.15, 0.2) is 54.7 Å². The van der Waals surface area contributed by atoms with Gasteiger partial charge in [-0.2, -0.15) is 0 Å². The molecule has 1 aromatic heterocycles. The minimum atomic E-state index is -0.200. The van der Waals surface area contributed by atoms with E-state index in [9.17, 15) is 4.39 Å². The van der Waals surface area contributed by atoms with Gasteiger partial charge in [-0.15, -0.1) is 0 Å². The largest absolute Gasteiger partial charge is 0.313 e. The standard InChI is InChI=1S/C18H17FN2/c1-2-20-12-15-11-16(19)6-7-17(15)13-5-8-18-14(10-13)4-3-9-21-18/h3-11,20H,2,12H2,1H3. The van der Waals surface area contributed by atoms with Crippen LogP contribution in [0.2, 0.25) is 0 Å². The molecule has 21 heavy (non-hydrogen) atoms. The average Bonchev–Trinajstić information content (AvgIpc) is 2.52. The minimum Gasteiger partial charge on any atom is -0.313 e. The summed E-state index contributed by atoms with van der Waals surface area (Å²) in [5.74, 6) is -0.200. The molecule has 106 valence electrons. The number of hydrogen-bond donors (Lipinski definition) is 1. The highest BCUT2D eigenvalue weighted by atomic mass is 19.1. The lowest BCUT2D eigenvalue weighted by molar-refractivity contribution is 0.622. The Labute approximate surface area is 123 Å². The molecule has 0 aliphatic heterocycles. The molecule has 1 heterocycles. The SMILES string of the molecule is CCNCc1cc(F)ccc1-c1ccc2ncccc2c1. The summed E-state index contributed by atoms with van der Waals surface area (Å²) >= 11 is 0. The van der Waals surface area contributed by atoms with Gasteiger partial charge in [-0.25, -0.2) is 4.39 Å². The lowest BCUT2D eigenvalue weighted by Crippen LogP contribution is -2.12. The lowest BCUT2D eigenvalue weighted by Gasteiger charge is -2.11. The van der Waals surface area contributed by atoms with E-state index in [0.29, 0.717) is 6.54 Å². The molecular weight excluding hydrogens is 263 g/mol. The van der Waals surface area contributed by atoms with E-state index in [1.54, 1.807) is 12.3 Å². The Morgan fingerprint density at radius 1 is 1.10 bits per heavy atom. The highest BCUT2D eigenvalue weighted by molar-refractivity contribution is 5.84. The highest BCUT2D eigenvalue weighted by Gasteiger charge is 2.07. The highest BCUT2D eigenvalue weighted by Crippen LogP contribution is 2.27. The molecule has 0 radical (unpaired) electrons. The predicted molar refractivity (Wildman–Crippen MR) is 84.5 cm³/mol. The smallest absolute Gasteiger partial charge is 0.123 e.